The molecule has 0 aliphatic carbocycles. The zero-order valence-electron chi connectivity index (χ0n) is 10.5. The summed E-state index contributed by atoms with van der Waals surface area (Å²) in [6.45, 7) is 0.936. The quantitative estimate of drug-likeness (QED) is 0.682. The summed E-state index contributed by atoms with van der Waals surface area (Å²) in [4.78, 5) is 0.379. The Hall–Kier alpha value is -0.0600. The minimum Gasteiger partial charge on any atom is -0.496 e. The molecule has 1 saturated heterocycles. The van der Waals surface area contributed by atoms with Crippen molar-refractivity contribution in [1.29, 1.82) is 0 Å². The molecule has 2 nitrogen and oxygen atoms in total. The van der Waals surface area contributed by atoms with Gasteiger partial charge in [-0.3, -0.25) is 0 Å². The van der Waals surface area contributed by atoms with Crippen LogP contribution in [0.3, 0.4) is 0 Å². The molecule has 18 heavy (non-hydrogen) atoms. The Morgan fingerprint density at radius 3 is 2.94 bits per heavy atom. The molecule has 1 aliphatic heterocycles. The fourth-order valence-electron chi connectivity index (χ4n) is 2.25. The highest BCUT2D eigenvalue weighted by molar-refractivity contribution is 9.10. The lowest BCUT2D eigenvalue weighted by molar-refractivity contribution is 0.102. The van der Waals surface area contributed by atoms with Crippen molar-refractivity contribution in [3.8, 4) is 5.75 Å². The molecule has 0 saturated carbocycles. The normalized spacial score (nSPS) is 20.9. The molecule has 100 valence electrons. The van der Waals surface area contributed by atoms with E-state index in [1.54, 1.807) is 7.11 Å². The first-order valence-electron chi connectivity index (χ1n) is 6.30. The molecule has 4 heteroatoms. The molecule has 0 bridgehead atoms. The number of halogens is 2. The molecule has 1 aromatic carbocycles. The van der Waals surface area contributed by atoms with E-state index in [4.69, 9.17) is 9.47 Å². The minimum absolute atomic E-state index is 0.379. The van der Waals surface area contributed by atoms with Crippen LogP contribution in [0.25, 0.3) is 0 Å². The van der Waals surface area contributed by atoms with E-state index in [1.807, 2.05) is 6.07 Å². The van der Waals surface area contributed by atoms with Gasteiger partial charge in [0.25, 0.3) is 0 Å². The van der Waals surface area contributed by atoms with Crippen LogP contribution in [0.4, 0.5) is 0 Å². The predicted molar refractivity (Wildman–Crippen MR) is 80.6 cm³/mol. The van der Waals surface area contributed by atoms with Crippen LogP contribution in [0.5, 0.6) is 5.75 Å². The maximum absolute atomic E-state index is 5.65. The second kappa shape index (κ2) is 6.92. The summed E-state index contributed by atoms with van der Waals surface area (Å²) >= 11 is 7.28. The van der Waals surface area contributed by atoms with Gasteiger partial charge >= 0.3 is 0 Å². The summed E-state index contributed by atoms with van der Waals surface area (Å²) in [6.07, 6.45) is 5.12. The standard InChI is InChI=1S/C14H18Br2O2/c1-17-14-7-4-10(9-13(14)16)12(15)6-5-11-3-2-8-18-11/h4,7,9,11-12H,2-3,5-6,8H2,1H3. The number of rotatable bonds is 5. The van der Waals surface area contributed by atoms with Gasteiger partial charge in [0.15, 0.2) is 0 Å². The molecule has 1 aliphatic rings. The Bertz CT molecular complexity index is 389. The number of hydrogen-bond acceptors (Lipinski definition) is 2. The number of hydrogen-bond donors (Lipinski definition) is 0. The van der Waals surface area contributed by atoms with Gasteiger partial charge in [-0.1, -0.05) is 22.0 Å². The van der Waals surface area contributed by atoms with Crippen molar-refractivity contribution >= 4 is 31.9 Å². The van der Waals surface area contributed by atoms with E-state index in [0.717, 1.165) is 29.7 Å². The van der Waals surface area contributed by atoms with Crippen molar-refractivity contribution in [3.63, 3.8) is 0 Å². The predicted octanol–water partition coefficient (Wildman–Crippen LogP) is 4.85. The summed E-state index contributed by atoms with van der Waals surface area (Å²) in [7, 11) is 1.68. The van der Waals surface area contributed by atoms with Crippen molar-refractivity contribution in [2.24, 2.45) is 0 Å². The molecule has 1 aromatic rings. The molecule has 0 amide bonds. The maximum Gasteiger partial charge on any atom is 0.133 e. The molecular weight excluding hydrogens is 360 g/mol. The van der Waals surface area contributed by atoms with Crippen molar-refractivity contribution in [1.82, 2.24) is 0 Å². The highest BCUT2D eigenvalue weighted by Gasteiger charge is 2.18. The summed E-state index contributed by atoms with van der Waals surface area (Å²) in [5.74, 6) is 0.873. The van der Waals surface area contributed by atoms with Gasteiger partial charge in [-0.05, 0) is 59.3 Å². The summed E-state index contributed by atoms with van der Waals surface area (Å²) in [5, 5.41) is 0. The molecule has 2 rings (SSSR count). The largest absolute Gasteiger partial charge is 0.496 e. The third-order valence-electron chi connectivity index (χ3n) is 3.30. The van der Waals surface area contributed by atoms with Crippen molar-refractivity contribution in [3.05, 3.63) is 28.2 Å². The topological polar surface area (TPSA) is 18.5 Å². The van der Waals surface area contributed by atoms with Gasteiger partial charge in [-0.2, -0.15) is 0 Å². The van der Waals surface area contributed by atoms with Crippen LogP contribution in [0.1, 0.15) is 36.1 Å². The van der Waals surface area contributed by atoms with Crippen LogP contribution in [0, 0.1) is 0 Å². The SMILES string of the molecule is COc1ccc(C(Br)CCC2CCCO2)cc1Br. The van der Waals surface area contributed by atoms with E-state index in [-0.39, 0.29) is 0 Å². The number of methoxy groups -OCH3 is 1. The molecule has 1 fully saturated rings. The van der Waals surface area contributed by atoms with E-state index in [9.17, 15) is 0 Å². The average Bonchev–Trinajstić information content (AvgIpc) is 2.89. The van der Waals surface area contributed by atoms with Crippen LogP contribution in [0.15, 0.2) is 22.7 Å². The third kappa shape index (κ3) is 3.72. The minimum atomic E-state index is 0.379. The summed E-state index contributed by atoms with van der Waals surface area (Å²) < 4.78 is 11.9. The van der Waals surface area contributed by atoms with Gasteiger partial charge in [0.05, 0.1) is 17.7 Å². The third-order valence-corrected chi connectivity index (χ3v) is 4.91. The zero-order chi connectivity index (χ0) is 13.0. The average molecular weight is 378 g/mol. The molecule has 2 unspecified atom stereocenters. The smallest absolute Gasteiger partial charge is 0.133 e. The fourth-order valence-corrected chi connectivity index (χ4v) is 3.36. The van der Waals surface area contributed by atoms with Gasteiger partial charge in [0, 0.05) is 11.4 Å². The first-order chi connectivity index (χ1) is 8.70. The highest BCUT2D eigenvalue weighted by atomic mass is 79.9. The number of alkyl halides is 1. The molecule has 0 aromatic heterocycles. The van der Waals surface area contributed by atoms with E-state index in [2.05, 4.69) is 44.0 Å². The molecule has 0 spiro atoms. The van der Waals surface area contributed by atoms with Crippen LogP contribution in [-0.2, 0) is 4.74 Å². The molecule has 2 atom stereocenters. The lowest BCUT2D eigenvalue weighted by Gasteiger charge is -2.14. The van der Waals surface area contributed by atoms with Crippen LogP contribution in [0.2, 0.25) is 0 Å². The van der Waals surface area contributed by atoms with Crippen molar-refractivity contribution in [2.45, 2.75) is 36.6 Å². The van der Waals surface area contributed by atoms with Crippen molar-refractivity contribution in [2.75, 3.05) is 13.7 Å². The maximum atomic E-state index is 5.65. The Balaban J connectivity index is 1.91. The Kier molecular flexibility index (Phi) is 5.52. The van der Waals surface area contributed by atoms with Crippen molar-refractivity contribution < 1.29 is 9.47 Å². The lowest BCUT2D eigenvalue weighted by Crippen LogP contribution is -2.05. The number of ether oxygens (including phenoxy) is 2. The Morgan fingerprint density at radius 1 is 1.50 bits per heavy atom. The second-order valence-electron chi connectivity index (χ2n) is 4.57. The van der Waals surface area contributed by atoms with E-state index >= 15 is 0 Å². The molecule has 0 N–H and O–H groups in total. The van der Waals surface area contributed by atoms with Crippen LogP contribution < -0.4 is 4.74 Å². The molecule has 0 radical (unpaired) electrons. The monoisotopic (exact) mass is 376 g/mol. The van der Waals surface area contributed by atoms with Gasteiger partial charge in [-0.25, -0.2) is 0 Å². The van der Waals surface area contributed by atoms with E-state index in [1.165, 1.54) is 18.4 Å². The lowest BCUT2D eigenvalue weighted by atomic mass is 10.0. The second-order valence-corrected chi connectivity index (χ2v) is 6.53. The zero-order valence-corrected chi connectivity index (χ0v) is 13.7. The van der Waals surface area contributed by atoms with E-state index < -0.39 is 0 Å². The summed E-state index contributed by atoms with van der Waals surface area (Å²) in [6, 6.07) is 6.23. The Morgan fingerprint density at radius 2 is 2.33 bits per heavy atom. The van der Waals surface area contributed by atoms with Crippen LogP contribution in [-0.4, -0.2) is 19.8 Å². The first kappa shape index (κ1) is 14.4. The van der Waals surface area contributed by atoms with E-state index in [0.29, 0.717) is 10.9 Å². The van der Waals surface area contributed by atoms with Gasteiger partial charge in [-0.15, -0.1) is 0 Å². The fraction of sp³-hybridized carbons (Fsp3) is 0.571. The highest BCUT2D eigenvalue weighted by Crippen LogP contribution is 2.34. The molecule has 1 heterocycles. The van der Waals surface area contributed by atoms with Gasteiger partial charge in [0.1, 0.15) is 5.75 Å². The molecular formula is C14H18Br2O2. The first-order valence-corrected chi connectivity index (χ1v) is 8.00. The van der Waals surface area contributed by atoms with Gasteiger partial charge < -0.3 is 9.47 Å². The Labute approximate surface area is 125 Å². The summed E-state index contributed by atoms with van der Waals surface area (Å²) in [5.41, 5.74) is 1.28. The number of benzene rings is 1. The van der Waals surface area contributed by atoms with Gasteiger partial charge in [0.2, 0.25) is 0 Å². The van der Waals surface area contributed by atoms with Crippen LogP contribution >= 0.6 is 31.9 Å².